The van der Waals surface area contributed by atoms with Gasteiger partial charge >= 0.3 is 20.9 Å². The molecule has 0 radical (unpaired) electrons. The fraction of sp³-hybridized carbons (Fsp3) is 0.667. The van der Waals surface area contributed by atoms with Gasteiger partial charge in [0.05, 0.1) is 18.2 Å². The molecular weight excluding hydrogens is 394 g/mol. The van der Waals surface area contributed by atoms with Crippen LogP contribution in [0.4, 0.5) is 0 Å². The van der Waals surface area contributed by atoms with Crippen LogP contribution in [0.1, 0.15) is 6.42 Å². The first-order valence-corrected chi connectivity index (χ1v) is 11.1. The van der Waals surface area contributed by atoms with Gasteiger partial charge < -0.3 is 29.4 Å². The summed E-state index contributed by atoms with van der Waals surface area (Å²) in [6, 6.07) is 1.09. The molecule has 6 N–H and O–H groups in total. The zero-order chi connectivity index (χ0) is 19.5. The molecule has 0 aromatic carbocycles. The zero-order valence-electron chi connectivity index (χ0n) is 13.2. The minimum absolute atomic E-state index is 0.263. The van der Waals surface area contributed by atoms with Gasteiger partial charge in [-0.05, 0) is 12.3 Å². The SMILES string of the molecule is O=c1ccn([C@@]23C[C@H]2[C@H](COP(=O)(O)CP(=O)(O)O)[C@@H](O)[C@H]3O)c(=O)[nH]1. The van der Waals surface area contributed by atoms with Crippen molar-refractivity contribution < 1.29 is 38.5 Å². The van der Waals surface area contributed by atoms with E-state index in [0.717, 1.165) is 10.6 Å². The number of H-pyrrole nitrogens is 1. The van der Waals surface area contributed by atoms with Gasteiger partial charge in [-0.2, -0.15) is 0 Å². The van der Waals surface area contributed by atoms with Crippen LogP contribution in [0.3, 0.4) is 0 Å². The molecule has 26 heavy (non-hydrogen) atoms. The highest BCUT2D eigenvalue weighted by molar-refractivity contribution is 7.70. The Morgan fingerprint density at radius 1 is 1.27 bits per heavy atom. The Labute approximate surface area is 145 Å². The topological polar surface area (TPSA) is 199 Å². The average molecular weight is 412 g/mol. The molecule has 0 spiro atoms. The Balaban J connectivity index is 1.79. The summed E-state index contributed by atoms with van der Waals surface area (Å²) in [6.07, 6.45) is -1.31. The molecule has 1 heterocycles. The van der Waals surface area contributed by atoms with Crippen molar-refractivity contribution in [3.05, 3.63) is 33.1 Å². The lowest BCUT2D eigenvalue weighted by molar-refractivity contribution is -0.0269. The van der Waals surface area contributed by atoms with Gasteiger partial charge in [0.15, 0.2) is 5.90 Å². The van der Waals surface area contributed by atoms with E-state index >= 15 is 0 Å². The van der Waals surface area contributed by atoms with Crippen molar-refractivity contribution in [1.29, 1.82) is 0 Å². The Morgan fingerprint density at radius 2 is 1.92 bits per heavy atom. The smallest absolute Gasteiger partial charge is 0.340 e. The summed E-state index contributed by atoms with van der Waals surface area (Å²) >= 11 is 0. The zero-order valence-corrected chi connectivity index (χ0v) is 15.0. The molecule has 2 fully saturated rings. The Morgan fingerprint density at radius 3 is 2.50 bits per heavy atom. The number of aromatic amines is 1. The lowest BCUT2D eigenvalue weighted by atomic mass is 10.0. The van der Waals surface area contributed by atoms with Crippen LogP contribution in [0.5, 0.6) is 0 Å². The standard InChI is InChI=1S/C12H18N2O10P2/c15-8-1-2-14(11(18)13-8)12-3-7(12)6(9(16)10(12)17)4-24-26(22,23)5-25(19,20)21/h1-2,6-7,9-10,16-17H,3-5H2,(H,22,23)(H,13,15,18)(H2,19,20,21)/t6-,7-,9+,10+,12-/m0/s1. The maximum absolute atomic E-state index is 12.0. The maximum atomic E-state index is 12.0. The molecule has 2 aliphatic rings. The van der Waals surface area contributed by atoms with E-state index in [1.807, 2.05) is 0 Å². The fourth-order valence-electron chi connectivity index (χ4n) is 3.78. The third-order valence-electron chi connectivity index (χ3n) is 4.92. The molecule has 12 nitrogen and oxygen atoms in total. The molecule has 0 bridgehead atoms. The van der Waals surface area contributed by atoms with E-state index in [9.17, 15) is 33.8 Å². The molecule has 1 unspecified atom stereocenters. The highest BCUT2D eigenvalue weighted by Crippen LogP contribution is 2.64. The van der Waals surface area contributed by atoms with Crippen LogP contribution in [0.15, 0.2) is 21.9 Å². The van der Waals surface area contributed by atoms with Crippen molar-refractivity contribution in [2.45, 2.75) is 24.2 Å². The number of fused-ring (bicyclic) bond motifs is 1. The summed E-state index contributed by atoms with van der Waals surface area (Å²) in [6.45, 7) is -0.531. The van der Waals surface area contributed by atoms with Crippen LogP contribution in [0.2, 0.25) is 0 Å². The van der Waals surface area contributed by atoms with E-state index in [4.69, 9.17) is 14.3 Å². The summed E-state index contributed by atoms with van der Waals surface area (Å²) in [4.78, 5) is 52.3. The molecule has 2 saturated carbocycles. The second-order valence-corrected chi connectivity index (χ2v) is 10.6. The number of aliphatic hydroxyl groups excluding tert-OH is 2. The summed E-state index contributed by atoms with van der Waals surface area (Å²) in [5.41, 5.74) is -2.55. The Kier molecular flexibility index (Phi) is 4.70. The molecule has 2 aliphatic carbocycles. The highest BCUT2D eigenvalue weighted by atomic mass is 31.2. The van der Waals surface area contributed by atoms with Crippen LogP contribution >= 0.6 is 15.2 Å². The van der Waals surface area contributed by atoms with Crippen molar-refractivity contribution in [1.82, 2.24) is 9.55 Å². The number of nitrogens with zero attached hydrogens (tertiary/aromatic N) is 1. The lowest BCUT2D eigenvalue weighted by Crippen LogP contribution is -2.44. The van der Waals surface area contributed by atoms with Gasteiger partial charge in [0.2, 0.25) is 0 Å². The van der Waals surface area contributed by atoms with Gasteiger partial charge in [-0.15, -0.1) is 0 Å². The molecule has 14 heteroatoms. The largest absolute Gasteiger partial charge is 0.390 e. The molecule has 146 valence electrons. The molecule has 3 rings (SSSR count). The quantitative estimate of drug-likeness (QED) is 0.282. The van der Waals surface area contributed by atoms with Gasteiger partial charge in [0.25, 0.3) is 5.56 Å². The summed E-state index contributed by atoms with van der Waals surface area (Å²) in [5, 5.41) is 20.6. The minimum atomic E-state index is -4.78. The number of rotatable bonds is 6. The predicted molar refractivity (Wildman–Crippen MR) is 85.6 cm³/mol. The van der Waals surface area contributed by atoms with Gasteiger partial charge in [0, 0.05) is 18.2 Å². The average Bonchev–Trinajstić information content (AvgIpc) is 3.15. The number of hydrogen-bond acceptors (Lipinski definition) is 7. The van der Waals surface area contributed by atoms with Crippen molar-refractivity contribution in [2.75, 3.05) is 12.5 Å². The van der Waals surface area contributed by atoms with Crippen molar-refractivity contribution >= 4 is 15.2 Å². The van der Waals surface area contributed by atoms with Crippen LogP contribution in [0.25, 0.3) is 0 Å². The van der Waals surface area contributed by atoms with Gasteiger partial charge in [-0.1, -0.05) is 0 Å². The number of aromatic nitrogens is 2. The van der Waals surface area contributed by atoms with E-state index in [1.54, 1.807) is 0 Å². The molecule has 0 amide bonds. The highest BCUT2D eigenvalue weighted by Gasteiger charge is 2.72. The first kappa shape index (κ1) is 19.7. The predicted octanol–water partition coefficient (Wildman–Crippen LogP) is -2.06. The molecule has 1 aromatic heterocycles. The molecule has 1 aromatic rings. The third kappa shape index (κ3) is 3.39. The normalized spacial score (nSPS) is 35.7. The van der Waals surface area contributed by atoms with E-state index in [2.05, 4.69) is 4.98 Å². The fourth-order valence-corrected chi connectivity index (χ4v) is 6.37. The first-order chi connectivity index (χ1) is 11.9. The summed E-state index contributed by atoms with van der Waals surface area (Å²) in [5.74, 6) is -2.67. The van der Waals surface area contributed by atoms with Crippen molar-refractivity contribution in [3.63, 3.8) is 0 Å². The monoisotopic (exact) mass is 412 g/mol. The summed E-state index contributed by atoms with van der Waals surface area (Å²) < 4.78 is 28.4. The molecule has 0 saturated heterocycles. The van der Waals surface area contributed by atoms with E-state index in [0.29, 0.717) is 0 Å². The van der Waals surface area contributed by atoms with E-state index in [-0.39, 0.29) is 6.42 Å². The number of nitrogens with one attached hydrogen (secondary N) is 1. The van der Waals surface area contributed by atoms with Crippen LogP contribution in [0, 0.1) is 11.8 Å². The van der Waals surface area contributed by atoms with Crippen LogP contribution in [-0.2, 0) is 19.2 Å². The van der Waals surface area contributed by atoms with E-state index in [1.165, 1.54) is 6.20 Å². The maximum Gasteiger partial charge on any atom is 0.340 e. The number of aliphatic hydroxyl groups is 2. The van der Waals surface area contributed by atoms with Crippen LogP contribution < -0.4 is 11.2 Å². The Hall–Kier alpha value is -1.10. The van der Waals surface area contributed by atoms with Crippen molar-refractivity contribution in [3.8, 4) is 0 Å². The Bertz CT molecular complexity index is 921. The number of hydrogen-bond donors (Lipinski definition) is 6. The first-order valence-electron chi connectivity index (χ1n) is 7.57. The molecule has 0 aliphatic heterocycles. The minimum Gasteiger partial charge on any atom is -0.390 e. The third-order valence-corrected chi connectivity index (χ3v) is 8.38. The molecule has 6 atom stereocenters. The lowest BCUT2D eigenvalue weighted by Gasteiger charge is -2.24. The summed E-state index contributed by atoms with van der Waals surface area (Å²) in [7, 11) is -9.39. The van der Waals surface area contributed by atoms with Crippen LogP contribution in [-0.4, -0.2) is 59.2 Å². The van der Waals surface area contributed by atoms with Crippen molar-refractivity contribution in [2.24, 2.45) is 11.8 Å². The van der Waals surface area contributed by atoms with Gasteiger partial charge in [0.1, 0.15) is 6.10 Å². The second kappa shape index (κ2) is 6.22. The van der Waals surface area contributed by atoms with E-state index < -0.39 is 68.5 Å². The molecular formula is C12H18N2O10P2. The van der Waals surface area contributed by atoms with Gasteiger partial charge in [-0.25, -0.2) is 4.79 Å². The van der Waals surface area contributed by atoms with Gasteiger partial charge in [-0.3, -0.25) is 23.5 Å². The second-order valence-electron chi connectivity index (χ2n) is 6.62.